The molecule has 0 saturated heterocycles. The Bertz CT molecular complexity index is 1150. The monoisotopic (exact) mass is 405 g/mol. The molecule has 3 N–H and O–H groups in total. The van der Waals surface area contributed by atoms with E-state index in [1.54, 1.807) is 49.4 Å². The molecule has 0 fully saturated rings. The number of nitrogens with zero attached hydrogens (tertiary/aromatic N) is 1. The average Bonchev–Trinajstić information content (AvgIpc) is 3.16. The van der Waals surface area contributed by atoms with E-state index >= 15 is 0 Å². The summed E-state index contributed by atoms with van der Waals surface area (Å²) >= 11 is 0. The van der Waals surface area contributed by atoms with Crippen LogP contribution in [0.1, 0.15) is 39.0 Å². The van der Waals surface area contributed by atoms with E-state index in [0.717, 1.165) is 0 Å². The first-order valence-corrected chi connectivity index (χ1v) is 8.99. The zero-order valence-corrected chi connectivity index (χ0v) is 16.3. The summed E-state index contributed by atoms with van der Waals surface area (Å²) < 4.78 is 5.69. The summed E-state index contributed by atoms with van der Waals surface area (Å²) in [7, 11) is 0. The molecule has 1 aromatic heterocycles. The number of aromatic carboxylic acids is 1. The first-order valence-electron chi connectivity index (χ1n) is 8.99. The number of benzene rings is 2. The van der Waals surface area contributed by atoms with Crippen molar-refractivity contribution in [1.82, 2.24) is 5.43 Å². The largest absolute Gasteiger partial charge is 0.478 e. The van der Waals surface area contributed by atoms with E-state index in [0.29, 0.717) is 33.9 Å². The Kier molecular flexibility index (Phi) is 6.07. The van der Waals surface area contributed by atoms with E-state index in [4.69, 9.17) is 4.42 Å². The molecule has 0 atom stereocenters. The first kappa shape index (κ1) is 20.5. The third-order valence-corrected chi connectivity index (χ3v) is 4.26. The molecule has 8 heteroatoms. The van der Waals surface area contributed by atoms with Crippen LogP contribution < -0.4 is 10.7 Å². The second-order valence-electron chi connectivity index (χ2n) is 6.45. The summed E-state index contributed by atoms with van der Waals surface area (Å²) in [6, 6.07) is 14.8. The number of amides is 2. The number of rotatable bonds is 6. The van der Waals surface area contributed by atoms with Gasteiger partial charge in [-0.2, -0.15) is 5.10 Å². The summed E-state index contributed by atoms with van der Waals surface area (Å²) in [6.07, 6.45) is 1.34. The van der Waals surface area contributed by atoms with Crippen LogP contribution in [0.2, 0.25) is 0 Å². The number of furan rings is 1. The van der Waals surface area contributed by atoms with Crippen molar-refractivity contribution < 1.29 is 23.9 Å². The third kappa shape index (κ3) is 4.79. The first-order chi connectivity index (χ1) is 14.3. The van der Waals surface area contributed by atoms with Crippen molar-refractivity contribution in [1.29, 1.82) is 0 Å². The van der Waals surface area contributed by atoms with Crippen molar-refractivity contribution in [2.24, 2.45) is 5.10 Å². The molecule has 0 aliphatic carbocycles. The molecule has 0 saturated carbocycles. The van der Waals surface area contributed by atoms with Gasteiger partial charge in [-0.05, 0) is 48.9 Å². The number of carboxylic acid groups (broad SMARTS) is 1. The predicted octanol–water partition coefficient (Wildman–Crippen LogP) is 3.68. The van der Waals surface area contributed by atoms with Crippen molar-refractivity contribution in [3.63, 3.8) is 0 Å². The van der Waals surface area contributed by atoms with Gasteiger partial charge in [-0.3, -0.25) is 9.59 Å². The molecule has 0 unspecified atom stereocenters. The van der Waals surface area contributed by atoms with Crippen molar-refractivity contribution in [2.45, 2.75) is 13.8 Å². The maximum atomic E-state index is 12.2. The predicted molar refractivity (Wildman–Crippen MR) is 112 cm³/mol. The van der Waals surface area contributed by atoms with Gasteiger partial charge in [0.05, 0.1) is 11.8 Å². The number of hydrogen-bond donors (Lipinski definition) is 3. The lowest BCUT2D eigenvalue weighted by atomic mass is 10.0. The molecule has 2 aromatic carbocycles. The number of anilines is 1. The molecule has 1 heterocycles. The second kappa shape index (κ2) is 8.87. The summed E-state index contributed by atoms with van der Waals surface area (Å²) in [5.41, 5.74) is 4.69. The molecule has 0 radical (unpaired) electrons. The molecule has 30 heavy (non-hydrogen) atoms. The minimum absolute atomic E-state index is 0.202. The highest BCUT2D eigenvalue weighted by molar-refractivity contribution is 5.97. The fourth-order valence-corrected chi connectivity index (χ4v) is 2.86. The van der Waals surface area contributed by atoms with Crippen LogP contribution >= 0.6 is 0 Å². The summed E-state index contributed by atoms with van der Waals surface area (Å²) in [5, 5.41) is 15.7. The van der Waals surface area contributed by atoms with Gasteiger partial charge in [0.2, 0.25) is 5.91 Å². The minimum atomic E-state index is -1.01. The molecular weight excluding hydrogens is 386 g/mol. The maximum Gasteiger partial charge on any atom is 0.335 e. The number of hydrogen-bond acceptors (Lipinski definition) is 5. The maximum absolute atomic E-state index is 12.2. The topological polar surface area (TPSA) is 121 Å². The van der Waals surface area contributed by atoms with Gasteiger partial charge in [-0.25, -0.2) is 10.2 Å². The Morgan fingerprint density at radius 1 is 1.07 bits per heavy atom. The minimum Gasteiger partial charge on any atom is -0.478 e. The van der Waals surface area contributed by atoms with Crippen LogP contribution in [-0.2, 0) is 4.79 Å². The van der Waals surface area contributed by atoms with Gasteiger partial charge in [0.15, 0.2) is 0 Å². The van der Waals surface area contributed by atoms with E-state index in [1.165, 1.54) is 25.3 Å². The number of carboxylic acids is 1. The van der Waals surface area contributed by atoms with Crippen LogP contribution in [-0.4, -0.2) is 29.1 Å². The van der Waals surface area contributed by atoms with E-state index in [-0.39, 0.29) is 11.5 Å². The van der Waals surface area contributed by atoms with Gasteiger partial charge in [-0.1, -0.05) is 18.2 Å². The van der Waals surface area contributed by atoms with Crippen molar-refractivity contribution in [2.75, 3.05) is 5.32 Å². The van der Waals surface area contributed by atoms with E-state index < -0.39 is 11.9 Å². The van der Waals surface area contributed by atoms with Crippen LogP contribution in [0.5, 0.6) is 0 Å². The molecule has 3 rings (SSSR count). The Balaban J connectivity index is 1.70. The highest BCUT2D eigenvalue weighted by Gasteiger charge is 2.13. The lowest BCUT2D eigenvalue weighted by Gasteiger charge is -2.05. The molecule has 152 valence electrons. The second-order valence-corrected chi connectivity index (χ2v) is 6.45. The van der Waals surface area contributed by atoms with Gasteiger partial charge >= 0.3 is 5.97 Å². The number of carbonyl (C=O) groups excluding carboxylic acids is 2. The molecule has 3 aromatic rings. The summed E-state index contributed by atoms with van der Waals surface area (Å²) in [5.74, 6) is -0.810. The molecule has 0 bridgehead atoms. The number of hydrazone groups is 1. The van der Waals surface area contributed by atoms with Gasteiger partial charge in [0.25, 0.3) is 5.91 Å². The Morgan fingerprint density at radius 2 is 1.83 bits per heavy atom. The van der Waals surface area contributed by atoms with Gasteiger partial charge in [0.1, 0.15) is 11.5 Å². The van der Waals surface area contributed by atoms with Crippen LogP contribution in [0.25, 0.3) is 11.3 Å². The molecule has 8 nitrogen and oxygen atoms in total. The van der Waals surface area contributed by atoms with Crippen LogP contribution in [0.4, 0.5) is 5.69 Å². The Hall–Kier alpha value is -4.20. The summed E-state index contributed by atoms with van der Waals surface area (Å²) in [4.78, 5) is 34.6. The average molecular weight is 405 g/mol. The number of carbonyl (C=O) groups is 3. The van der Waals surface area contributed by atoms with E-state index in [9.17, 15) is 19.5 Å². The van der Waals surface area contributed by atoms with Crippen molar-refractivity contribution in [3.8, 4) is 11.3 Å². The van der Waals surface area contributed by atoms with E-state index in [1.807, 2.05) is 0 Å². The van der Waals surface area contributed by atoms with Gasteiger partial charge in [-0.15, -0.1) is 0 Å². The quantitative estimate of drug-likeness (QED) is 0.427. The normalized spacial score (nSPS) is 10.7. The van der Waals surface area contributed by atoms with Gasteiger partial charge < -0.3 is 14.8 Å². The third-order valence-electron chi connectivity index (χ3n) is 4.26. The standard InChI is InChI=1S/C22H19N3O5/c1-13-18(7-4-8-19(13)22(28)29)20-10-9-17(30-20)12-23-25-21(27)15-5-3-6-16(11-15)24-14(2)26/h3-12H,1-2H3,(H,24,26)(H,25,27)(H,28,29). The highest BCUT2D eigenvalue weighted by atomic mass is 16.4. The van der Waals surface area contributed by atoms with Crippen molar-refractivity contribution >= 4 is 29.7 Å². The molecular formula is C22H19N3O5. The molecule has 2 amide bonds. The Labute approximate surface area is 172 Å². The molecule has 0 aliphatic heterocycles. The van der Waals surface area contributed by atoms with Gasteiger partial charge in [0, 0.05) is 23.7 Å². The lowest BCUT2D eigenvalue weighted by Crippen LogP contribution is -2.18. The Morgan fingerprint density at radius 3 is 2.57 bits per heavy atom. The zero-order valence-electron chi connectivity index (χ0n) is 16.3. The van der Waals surface area contributed by atoms with E-state index in [2.05, 4.69) is 15.8 Å². The van der Waals surface area contributed by atoms with Crippen LogP contribution in [0.3, 0.4) is 0 Å². The zero-order chi connectivity index (χ0) is 21.7. The fraction of sp³-hybridized carbons (Fsp3) is 0.0909. The highest BCUT2D eigenvalue weighted by Crippen LogP contribution is 2.27. The molecule has 0 spiro atoms. The smallest absolute Gasteiger partial charge is 0.335 e. The van der Waals surface area contributed by atoms with Crippen LogP contribution in [0, 0.1) is 6.92 Å². The molecule has 0 aliphatic rings. The fourth-order valence-electron chi connectivity index (χ4n) is 2.86. The number of nitrogens with one attached hydrogen (secondary N) is 2. The van der Waals surface area contributed by atoms with Crippen molar-refractivity contribution in [3.05, 3.63) is 77.0 Å². The SMILES string of the molecule is CC(=O)Nc1cccc(C(=O)NN=Cc2ccc(-c3cccc(C(=O)O)c3C)o2)c1. The lowest BCUT2D eigenvalue weighted by molar-refractivity contribution is -0.114. The van der Waals surface area contributed by atoms with Crippen LogP contribution in [0.15, 0.2) is 64.1 Å². The summed E-state index contributed by atoms with van der Waals surface area (Å²) in [6.45, 7) is 3.10.